The van der Waals surface area contributed by atoms with Crippen LogP contribution in [0.5, 0.6) is 0 Å². The zero-order chi connectivity index (χ0) is 21.1. The van der Waals surface area contributed by atoms with Gasteiger partial charge in [0, 0.05) is 45.4 Å². The van der Waals surface area contributed by atoms with Crippen molar-refractivity contribution < 1.29 is 14.4 Å². The first-order chi connectivity index (χ1) is 14.5. The van der Waals surface area contributed by atoms with Crippen molar-refractivity contribution in [2.75, 3.05) is 13.1 Å². The molecule has 0 aliphatic carbocycles. The Morgan fingerprint density at radius 2 is 2.10 bits per heavy atom. The molecule has 0 saturated carbocycles. The predicted octanol–water partition coefficient (Wildman–Crippen LogP) is 3.16. The largest absolute Gasteiger partial charge is 0.392 e. The summed E-state index contributed by atoms with van der Waals surface area (Å²) >= 11 is 0. The molecule has 3 aromatic rings. The Hall–Kier alpha value is -2.77. The second kappa shape index (κ2) is 8.93. The lowest BCUT2D eigenvalue weighted by Crippen LogP contribution is -2.36. The van der Waals surface area contributed by atoms with E-state index in [0.29, 0.717) is 37.3 Å². The molecule has 1 atom stereocenters. The third kappa shape index (κ3) is 4.68. The minimum atomic E-state index is -0.436. The van der Waals surface area contributed by atoms with Crippen LogP contribution in [0, 0.1) is 6.92 Å². The SMILES string of the molecule is Cc1nn(C)cc1-c1cc(C(=O)CCCC(O)CN2CCc3ccccc3C2)no1. The molecular formula is C23H28N4O3. The third-order valence-electron chi connectivity index (χ3n) is 5.69. The second-order valence-electron chi connectivity index (χ2n) is 8.10. The topological polar surface area (TPSA) is 84.4 Å². The lowest BCUT2D eigenvalue weighted by Gasteiger charge is -2.30. The predicted molar refractivity (Wildman–Crippen MR) is 113 cm³/mol. The Labute approximate surface area is 176 Å². The number of aliphatic hydroxyl groups excluding tert-OH is 1. The summed E-state index contributed by atoms with van der Waals surface area (Å²) in [6.07, 6.45) is 3.99. The van der Waals surface area contributed by atoms with E-state index in [0.717, 1.165) is 30.8 Å². The number of carbonyl (C=O) groups is 1. The number of fused-ring (bicyclic) bond motifs is 1. The van der Waals surface area contributed by atoms with Crippen molar-refractivity contribution in [3.05, 3.63) is 59.0 Å². The minimum absolute atomic E-state index is 0.0642. The summed E-state index contributed by atoms with van der Waals surface area (Å²) in [7, 11) is 1.84. The van der Waals surface area contributed by atoms with Crippen molar-refractivity contribution in [3.8, 4) is 11.3 Å². The molecular weight excluding hydrogens is 380 g/mol. The van der Waals surface area contributed by atoms with E-state index >= 15 is 0 Å². The Morgan fingerprint density at radius 3 is 2.87 bits per heavy atom. The molecule has 1 aliphatic rings. The lowest BCUT2D eigenvalue weighted by atomic mass is 9.99. The highest BCUT2D eigenvalue weighted by atomic mass is 16.5. The van der Waals surface area contributed by atoms with Crippen LogP contribution in [0.25, 0.3) is 11.3 Å². The van der Waals surface area contributed by atoms with Crippen LogP contribution >= 0.6 is 0 Å². The third-order valence-corrected chi connectivity index (χ3v) is 5.69. The molecule has 1 aliphatic heterocycles. The number of aromatic nitrogens is 3. The van der Waals surface area contributed by atoms with Gasteiger partial charge in [0.1, 0.15) is 5.69 Å². The highest BCUT2D eigenvalue weighted by Gasteiger charge is 2.20. The fourth-order valence-corrected chi connectivity index (χ4v) is 4.10. The van der Waals surface area contributed by atoms with Crippen LogP contribution in [-0.2, 0) is 20.0 Å². The Balaban J connectivity index is 1.24. The number of aryl methyl sites for hydroxylation is 2. The average Bonchev–Trinajstić information content (AvgIpc) is 3.34. The fourth-order valence-electron chi connectivity index (χ4n) is 4.10. The van der Waals surface area contributed by atoms with Crippen LogP contribution in [0.2, 0.25) is 0 Å². The molecule has 2 aromatic heterocycles. The summed E-state index contributed by atoms with van der Waals surface area (Å²) in [5.74, 6) is 0.486. The zero-order valence-corrected chi connectivity index (χ0v) is 17.5. The maximum Gasteiger partial charge on any atom is 0.184 e. The van der Waals surface area contributed by atoms with Crippen molar-refractivity contribution in [2.45, 2.75) is 45.3 Å². The maximum atomic E-state index is 12.5. The standard InChI is InChI=1S/C23H28N4O3/c1-16-20(15-26(2)24-16)23-12-21(25-30-23)22(29)9-5-8-19(28)14-27-11-10-17-6-3-4-7-18(17)13-27/h3-4,6-7,12,15,19,28H,5,8-11,13-14H2,1-2H3. The van der Waals surface area contributed by atoms with Gasteiger partial charge in [0.05, 0.1) is 17.4 Å². The van der Waals surface area contributed by atoms with Gasteiger partial charge in [-0.15, -0.1) is 0 Å². The number of hydrogen-bond donors (Lipinski definition) is 1. The van der Waals surface area contributed by atoms with Gasteiger partial charge in [-0.3, -0.25) is 14.4 Å². The summed E-state index contributed by atoms with van der Waals surface area (Å²) in [6.45, 7) is 4.36. The van der Waals surface area contributed by atoms with Crippen molar-refractivity contribution in [3.63, 3.8) is 0 Å². The number of carbonyl (C=O) groups excluding carboxylic acids is 1. The molecule has 1 unspecified atom stereocenters. The Bertz CT molecular complexity index is 1020. The van der Waals surface area contributed by atoms with Crippen LogP contribution in [0.15, 0.2) is 41.1 Å². The van der Waals surface area contributed by atoms with Gasteiger partial charge < -0.3 is 9.63 Å². The molecule has 0 spiro atoms. The van der Waals surface area contributed by atoms with Gasteiger partial charge in [-0.05, 0) is 37.3 Å². The number of rotatable bonds is 8. The Kier molecular flexibility index (Phi) is 6.11. The fraction of sp³-hybridized carbons (Fsp3) is 0.435. The van der Waals surface area contributed by atoms with Crippen LogP contribution in [-0.4, -0.2) is 49.9 Å². The summed E-state index contributed by atoms with van der Waals surface area (Å²) in [6, 6.07) is 10.2. The molecule has 0 amide bonds. The van der Waals surface area contributed by atoms with Gasteiger partial charge >= 0.3 is 0 Å². The van der Waals surface area contributed by atoms with Crippen LogP contribution in [0.4, 0.5) is 0 Å². The molecule has 1 N–H and O–H groups in total. The van der Waals surface area contributed by atoms with E-state index in [4.69, 9.17) is 4.52 Å². The highest BCUT2D eigenvalue weighted by molar-refractivity contribution is 5.94. The molecule has 0 bridgehead atoms. The normalized spacial score (nSPS) is 15.2. The van der Waals surface area contributed by atoms with E-state index in [1.54, 1.807) is 10.7 Å². The molecule has 7 nitrogen and oxygen atoms in total. The molecule has 0 saturated heterocycles. The number of Topliss-reactive ketones (excluding diaryl/α,β-unsaturated/α-hetero) is 1. The van der Waals surface area contributed by atoms with E-state index in [1.165, 1.54) is 11.1 Å². The summed E-state index contributed by atoms with van der Waals surface area (Å²) in [5, 5.41) is 18.6. The van der Waals surface area contributed by atoms with Gasteiger partial charge in [-0.25, -0.2) is 0 Å². The summed E-state index contributed by atoms with van der Waals surface area (Å²) < 4.78 is 7.05. The number of ketones is 1. The first-order valence-corrected chi connectivity index (χ1v) is 10.5. The van der Waals surface area contributed by atoms with E-state index in [-0.39, 0.29) is 5.78 Å². The quantitative estimate of drug-likeness (QED) is 0.577. The molecule has 3 heterocycles. The van der Waals surface area contributed by atoms with Crippen LogP contribution in [0.3, 0.4) is 0 Å². The zero-order valence-electron chi connectivity index (χ0n) is 17.5. The highest BCUT2D eigenvalue weighted by Crippen LogP contribution is 2.24. The molecule has 1 aromatic carbocycles. The van der Waals surface area contributed by atoms with Crippen molar-refractivity contribution in [2.24, 2.45) is 7.05 Å². The van der Waals surface area contributed by atoms with Gasteiger partial charge in [0.15, 0.2) is 11.5 Å². The van der Waals surface area contributed by atoms with E-state index < -0.39 is 6.10 Å². The molecule has 7 heteroatoms. The lowest BCUT2D eigenvalue weighted by molar-refractivity contribution is 0.0897. The minimum Gasteiger partial charge on any atom is -0.392 e. The van der Waals surface area contributed by atoms with Gasteiger partial charge in [-0.2, -0.15) is 5.10 Å². The van der Waals surface area contributed by atoms with E-state index in [1.807, 2.05) is 20.2 Å². The van der Waals surface area contributed by atoms with E-state index in [2.05, 4.69) is 39.4 Å². The van der Waals surface area contributed by atoms with Gasteiger partial charge in [0.2, 0.25) is 0 Å². The number of hydrogen-bond acceptors (Lipinski definition) is 6. The van der Waals surface area contributed by atoms with Crippen molar-refractivity contribution >= 4 is 5.78 Å². The van der Waals surface area contributed by atoms with Crippen molar-refractivity contribution in [1.29, 1.82) is 0 Å². The van der Waals surface area contributed by atoms with Crippen LogP contribution in [0.1, 0.15) is 46.6 Å². The summed E-state index contributed by atoms with van der Waals surface area (Å²) in [4.78, 5) is 14.7. The average molecular weight is 409 g/mol. The number of β-amino-alcohol motifs (C(OH)–C–C–N with tert-alkyl or cyclic N) is 1. The summed E-state index contributed by atoms with van der Waals surface area (Å²) in [5.41, 5.74) is 4.74. The van der Waals surface area contributed by atoms with Gasteiger partial charge in [0.25, 0.3) is 0 Å². The number of nitrogens with zero attached hydrogens (tertiary/aromatic N) is 4. The second-order valence-corrected chi connectivity index (χ2v) is 8.10. The van der Waals surface area contributed by atoms with Crippen molar-refractivity contribution in [1.82, 2.24) is 19.8 Å². The van der Waals surface area contributed by atoms with Crippen LogP contribution < -0.4 is 0 Å². The monoisotopic (exact) mass is 408 g/mol. The van der Waals surface area contributed by atoms with E-state index in [9.17, 15) is 9.90 Å². The molecule has 0 radical (unpaired) electrons. The molecule has 30 heavy (non-hydrogen) atoms. The Morgan fingerprint density at radius 1 is 1.30 bits per heavy atom. The maximum absolute atomic E-state index is 12.5. The smallest absolute Gasteiger partial charge is 0.184 e. The number of aliphatic hydroxyl groups is 1. The van der Waals surface area contributed by atoms with Gasteiger partial charge in [-0.1, -0.05) is 29.4 Å². The first kappa shape index (κ1) is 20.5. The molecule has 4 rings (SSSR count). The number of benzene rings is 1. The molecule has 0 fully saturated rings. The molecule has 158 valence electrons. The first-order valence-electron chi connectivity index (χ1n) is 10.5.